The molecule has 0 radical (unpaired) electrons. The van der Waals surface area contributed by atoms with E-state index >= 15 is 0 Å². The summed E-state index contributed by atoms with van der Waals surface area (Å²) in [5, 5.41) is 12.8. The summed E-state index contributed by atoms with van der Waals surface area (Å²) in [7, 11) is 0. The van der Waals surface area contributed by atoms with Gasteiger partial charge in [0.25, 0.3) is 5.91 Å². The monoisotopic (exact) mass is 357 g/mol. The first kappa shape index (κ1) is 20.1. The van der Waals surface area contributed by atoms with E-state index in [2.05, 4.69) is 26.1 Å². The van der Waals surface area contributed by atoms with Crippen LogP contribution in [0.4, 0.5) is 10.1 Å². The summed E-state index contributed by atoms with van der Waals surface area (Å²) < 4.78 is 14.4. The predicted molar refractivity (Wildman–Crippen MR) is 104 cm³/mol. The molecule has 0 saturated carbocycles. The van der Waals surface area contributed by atoms with Gasteiger partial charge in [-0.25, -0.2) is 4.39 Å². The number of rotatable bonds is 5. The molecule has 2 N–H and O–H groups in total. The molecule has 4 heteroatoms. The van der Waals surface area contributed by atoms with Crippen LogP contribution in [-0.2, 0) is 5.60 Å². The Bertz CT molecular complexity index is 806. The van der Waals surface area contributed by atoms with Crippen LogP contribution in [0, 0.1) is 18.7 Å². The number of aliphatic hydroxyl groups is 1. The fourth-order valence-corrected chi connectivity index (χ4v) is 2.87. The number of carbonyl (C=O) groups excluding carboxylic acids is 1. The van der Waals surface area contributed by atoms with Crippen LogP contribution in [0.25, 0.3) is 0 Å². The molecule has 1 atom stereocenters. The zero-order valence-corrected chi connectivity index (χ0v) is 16.4. The van der Waals surface area contributed by atoms with Crippen molar-refractivity contribution >= 4 is 11.6 Å². The third-order valence-corrected chi connectivity index (χ3v) is 4.93. The van der Waals surface area contributed by atoms with Crippen molar-refractivity contribution in [2.24, 2.45) is 5.92 Å². The maximum absolute atomic E-state index is 14.4. The van der Waals surface area contributed by atoms with Crippen LogP contribution < -0.4 is 5.32 Å². The quantitative estimate of drug-likeness (QED) is 0.755. The molecule has 0 saturated heterocycles. The van der Waals surface area contributed by atoms with Gasteiger partial charge in [0.05, 0.1) is 11.3 Å². The molecule has 1 unspecified atom stereocenters. The van der Waals surface area contributed by atoms with Crippen LogP contribution >= 0.6 is 0 Å². The number of hydrogen-bond donors (Lipinski definition) is 2. The summed E-state index contributed by atoms with van der Waals surface area (Å²) in [5.41, 5.74) is 2.04. The molecule has 2 aromatic carbocycles. The fourth-order valence-electron chi connectivity index (χ4n) is 2.87. The average molecular weight is 357 g/mol. The number of aryl methyl sites for hydroxylation is 1. The molecule has 3 nitrogen and oxygen atoms in total. The first-order chi connectivity index (χ1) is 12.0. The average Bonchev–Trinajstić information content (AvgIpc) is 2.55. The molecule has 0 aliphatic carbocycles. The second-order valence-electron chi connectivity index (χ2n) is 7.82. The Kier molecular flexibility index (Phi) is 5.87. The van der Waals surface area contributed by atoms with Gasteiger partial charge in [0, 0.05) is 5.56 Å². The minimum absolute atomic E-state index is 0.178. The maximum Gasteiger partial charge on any atom is 0.255 e. The van der Waals surface area contributed by atoms with Gasteiger partial charge in [0.1, 0.15) is 5.82 Å². The minimum Gasteiger partial charge on any atom is -0.386 e. The van der Waals surface area contributed by atoms with E-state index < -0.39 is 17.3 Å². The van der Waals surface area contributed by atoms with Crippen molar-refractivity contribution in [3.05, 3.63) is 64.5 Å². The van der Waals surface area contributed by atoms with Crippen molar-refractivity contribution in [2.75, 3.05) is 5.32 Å². The van der Waals surface area contributed by atoms with E-state index in [4.69, 9.17) is 0 Å². The van der Waals surface area contributed by atoms with Gasteiger partial charge in [-0.05, 0) is 73.6 Å². The molecule has 0 aliphatic heterocycles. The summed E-state index contributed by atoms with van der Waals surface area (Å²) in [5.74, 6) is -0.188. The molecular weight excluding hydrogens is 329 g/mol. The van der Waals surface area contributed by atoms with Crippen LogP contribution in [0.5, 0.6) is 0 Å². The van der Waals surface area contributed by atoms with E-state index in [9.17, 15) is 14.3 Å². The van der Waals surface area contributed by atoms with Crippen molar-refractivity contribution in [1.29, 1.82) is 0 Å². The molecule has 1 amide bonds. The van der Waals surface area contributed by atoms with Gasteiger partial charge >= 0.3 is 0 Å². The van der Waals surface area contributed by atoms with Gasteiger partial charge in [-0.1, -0.05) is 32.9 Å². The largest absolute Gasteiger partial charge is 0.386 e. The highest BCUT2D eigenvalue weighted by atomic mass is 19.1. The van der Waals surface area contributed by atoms with E-state index in [-0.39, 0.29) is 11.6 Å². The second kappa shape index (κ2) is 7.58. The summed E-state index contributed by atoms with van der Waals surface area (Å²) in [4.78, 5) is 12.6. The highest BCUT2D eigenvalue weighted by molar-refractivity contribution is 6.04. The molecule has 0 heterocycles. The Hall–Kier alpha value is -2.20. The van der Waals surface area contributed by atoms with Crippen LogP contribution in [0.15, 0.2) is 36.4 Å². The van der Waals surface area contributed by atoms with Crippen molar-refractivity contribution in [2.45, 2.75) is 53.1 Å². The van der Waals surface area contributed by atoms with Crippen LogP contribution in [0.3, 0.4) is 0 Å². The fraction of sp³-hybridized carbons (Fsp3) is 0.409. The summed E-state index contributed by atoms with van der Waals surface area (Å²) in [6.07, 6.45) is 0. The summed E-state index contributed by atoms with van der Waals surface area (Å²) in [6.45, 7) is 11.5. The van der Waals surface area contributed by atoms with Gasteiger partial charge < -0.3 is 10.4 Å². The van der Waals surface area contributed by atoms with Crippen molar-refractivity contribution in [1.82, 2.24) is 0 Å². The van der Waals surface area contributed by atoms with E-state index in [1.165, 1.54) is 6.07 Å². The molecule has 0 aliphatic rings. The lowest BCUT2D eigenvalue weighted by molar-refractivity contribution is 0.0785. The van der Waals surface area contributed by atoms with Crippen molar-refractivity contribution in [3.8, 4) is 0 Å². The summed E-state index contributed by atoms with van der Waals surface area (Å²) in [6, 6.07) is 9.93. The van der Waals surface area contributed by atoms with E-state index in [0.717, 1.165) is 11.1 Å². The lowest BCUT2D eigenvalue weighted by atomic mass is 9.87. The first-order valence-corrected chi connectivity index (χ1v) is 8.95. The number of halogens is 1. The molecule has 26 heavy (non-hydrogen) atoms. The molecular formula is C22H28FNO2. The standard InChI is InChI=1S/C22H28FNO2/c1-13(2)15(4)18-12-20(19(23)10-14(18)3)24-21(25)16-8-7-9-17(11-16)22(5,6)26/h7-13,15,26H,1-6H3,(H,24,25). The van der Waals surface area contributed by atoms with E-state index in [1.807, 2.05) is 6.92 Å². The third-order valence-electron chi connectivity index (χ3n) is 4.93. The second-order valence-corrected chi connectivity index (χ2v) is 7.82. The molecule has 0 bridgehead atoms. The molecule has 0 fully saturated rings. The number of benzene rings is 2. The van der Waals surface area contributed by atoms with Crippen LogP contribution in [0.2, 0.25) is 0 Å². The highest BCUT2D eigenvalue weighted by Crippen LogP contribution is 2.31. The van der Waals surface area contributed by atoms with Crippen molar-refractivity contribution in [3.63, 3.8) is 0 Å². The Morgan fingerprint density at radius 2 is 1.81 bits per heavy atom. The van der Waals surface area contributed by atoms with Gasteiger partial charge in [0.2, 0.25) is 0 Å². The SMILES string of the molecule is Cc1cc(F)c(NC(=O)c2cccc(C(C)(C)O)c2)cc1C(C)C(C)C. The number of nitrogens with one attached hydrogen (secondary N) is 1. The number of carbonyl (C=O) groups is 1. The lowest BCUT2D eigenvalue weighted by Gasteiger charge is -2.20. The summed E-state index contributed by atoms with van der Waals surface area (Å²) >= 11 is 0. The van der Waals surface area contributed by atoms with E-state index in [1.54, 1.807) is 44.2 Å². The van der Waals surface area contributed by atoms with Crippen molar-refractivity contribution < 1.29 is 14.3 Å². The molecule has 0 spiro atoms. The number of hydrogen-bond acceptors (Lipinski definition) is 2. The number of amides is 1. The molecule has 2 rings (SSSR count). The highest BCUT2D eigenvalue weighted by Gasteiger charge is 2.19. The predicted octanol–water partition coefficient (Wildman–Crippen LogP) is 5.37. The smallest absolute Gasteiger partial charge is 0.255 e. The minimum atomic E-state index is -1.05. The normalized spacial score (nSPS) is 13.0. The van der Waals surface area contributed by atoms with Crippen LogP contribution in [-0.4, -0.2) is 11.0 Å². The molecule has 2 aromatic rings. The zero-order chi connectivity index (χ0) is 19.6. The number of anilines is 1. The molecule has 140 valence electrons. The van der Waals surface area contributed by atoms with E-state index in [0.29, 0.717) is 17.0 Å². The van der Waals surface area contributed by atoms with Crippen LogP contribution in [0.1, 0.15) is 67.6 Å². The lowest BCUT2D eigenvalue weighted by Crippen LogP contribution is -2.18. The third kappa shape index (κ3) is 4.50. The first-order valence-electron chi connectivity index (χ1n) is 8.95. The van der Waals surface area contributed by atoms with Gasteiger partial charge in [-0.15, -0.1) is 0 Å². The maximum atomic E-state index is 14.4. The Labute approximate surface area is 155 Å². The Morgan fingerprint density at radius 3 is 2.38 bits per heavy atom. The topological polar surface area (TPSA) is 49.3 Å². The zero-order valence-electron chi connectivity index (χ0n) is 16.4. The van der Waals surface area contributed by atoms with Gasteiger partial charge in [-0.3, -0.25) is 4.79 Å². The van der Waals surface area contributed by atoms with Gasteiger partial charge in [0.15, 0.2) is 0 Å². The Morgan fingerprint density at radius 1 is 1.15 bits per heavy atom. The Balaban J connectivity index is 2.34. The molecule has 0 aromatic heterocycles. The van der Waals surface area contributed by atoms with Gasteiger partial charge in [-0.2, -0.15) is 0 Å².